The first-order valence-corrected chi connectivity index (χ1v) is 4.26. The number of hydrogen-bond acceptors (Lipinski definition) is 3. The van der Waals surface area contributed by atoms with Crippen molar-refractivity contribution in [1.29, 1.82) is 0 Å². The summed E-state index contributed by atoms with van der Waals surface area (Å²) in [6.45, 7) is 6.33. The van der Waals surface area contributed by atoms with Gasteiger partial charge in [-0.3, -0.25) is 5.32 Å². The number of hydrogen-bond donors (Lipinski definition) is 1. The van der Waals surface area contributed by atoms with E-state index in [0.717, 1.165) is 11.5 Å². The lowest BCUT2D eigenvalue weighted by Gasteiger charge is -2.03. The molecule has 0 saturated carbocycles. The quantitative estimate of drug-likeness (QED) is 0.711. The smallest absolute Gasteiger partial charge is 0.208 e. The van der Waals surface area contributed by atoms with Gasteiger partial charge in [-0.15, -0.1) is 6.42 Å². The van der Waals surface area contributed by atoms with Crippen molar-refractivity contribution in [1.82, 2.24) is 10.3 Å². The molecular weight excluding hydrogens is 164 g/mol. The zero-order valence-electron chi connectivity index (χ0n) is 8.22. The third kappa shape index (κ3) is 2.60. The van der Waals surface area contributed by atoms with Crippen molar-refractivity contribution in [2.24, 2.45) is 0 Å². The monoisotopic (exact) mass is 178 g/mol. The molecule has 3 heteroatoms. The van der Waals surface area contributed by atoms with Crippen molar-refractivity contribution in [2.45, 2.75) is 33.4 Å². The third-order valence-electron chi connectivity index (χ3n) is 1.88. The molecule has 0 aromatic carbocycles. The molecule has 1 atom stereocenters. The molecule has 1 N–H and O–H groups in total. The summed E-state index contributed by atoms with van der Waals surface area (Å²) in [4.78, 5) is 4.22. The first-order valence-electron chi connectivity index (χ1n) is 4.26. The molecule has 0 spiro atoms. The van der Waals surface area contributed by atoms with Crippen LogP contribution in [0.25, 0.3) is 0 Å². The Morgan fingerprint density at radius 2 is 2.31 bits per heavy atom. The lowest BCUT2D eigenvalue weighted by molar-refractivity contribution is 0.444. The van der Waals surface area contributed by atoms with Crippen molar-refractivity contribution >= 4 is 0 Å². The van der Waals surface area contributed by atoms with Crippen molar-refractivity contribution < 1.29 is 4.42 Å². The first-order chi connectivity index (χ1) is 6.13. The molecule has 70 valence electrons. The van der Waals surface area contributed by atoms with Crippen molar-refractivity contribution in [3.63, 3.8) is 0 Å². The van der Waals surface area contributed by atoms with Gasteiger partial charge in [-0.1, -0.05) is 5.92 Å². The molecule has 0 saturated heterocycles. The van der Waals surface area contributed by atoms with Crippen LogP contribution in [0.1, 0.15) is 24.3 Å². The summed E-state index contributed by atoms with van der Waals surface area (Å²) in [5.74, 6) is 4.13. The minimum Gasteiger partial charge on any atom is -0.444 e. The highest BCUT2D eigenvalue weighted by molar-refractivity contribution is 5.05. The fourth-order valence-corrected chi connectivity index (χ4v) is 0.914. The highest BCUT2D eigenvalue weighted by Crippen LogP contribution is 2.07. The van der Waals surface area contributed by atoms with E-state index in [0.29, 0.717) is 12.4 Å². The van der Waals surface area contributed by atoms with E-state index in [1.807, 2.05) is 20.8 Å². The molecule has 1 heterocycles. The molecule has 0 radical (unpaired) electrons. The van der Waals surface area contributed by atoms with Gasteiger partial charge in [0.05, 0.1) is 18.3 Å². The molecule has 3 nitrogen and oxygen atoms in total. The van der Waals surface area contributed by atoms with E-state index in [-0.39, 0.29) is 6.04 Å². The molecule has 1 rings (SSSR count). The molecule has 0 aliphatic carbocycles. The summed E-state index contributed by atoms with van der Waals surface area (Å²) in [5, 5.41) is 3.10. The topological polar surface area (TPSA) is 38.1 Å². The number of oxazole rings is 1. The Kier molecular flexibility index (Phi) is 3.10. The molecule has 1 unspecified atom stereocenters. The van der Waals surface area contributed by atoms with Crippen LogP contribution in [0, 0.1) is 26.2 Å². The SMILES string of the molecule is C#CC(C)NCc1nc(C)c(C)o1. The predicted molar refractivity (Wildman–Crippen MR) is 51.1 cm³/mol. The van der Waals surface area contributed by atoms with Crippen LogP contribution in [-0.2, 0) is 6.54 Å². The Labute approximate surface area is 78.5 Å². The number of terminal acetylenes is 1. The maximum absolute atomic E-state index is 5.37. The summed E-state index contributed by atoms with van der Waals surface area (Å²) in [6, 6.07) is 0.0486. The number of rotatable bonds is 3. The van der Waals surface area contributed by atoms with Gasteiger partial charge < -0.3 is 4.42 Å². The Balaban J connectivity index is 2.51. The highest BCUT2D eigenvalue weighted by atomic mass is 16.4. The normalized spacial score (nSPS) is 12.5. The van der Waals surface area contributed by atoms with E-state index in [9.17, 15) is 0 Å². The van der Waals surface area contributed by atoms with E-state index in [2.05, 4.69) is 16.2 Å². The molecule has 1 aromatic rings. The Bertz CT molecular complexity index is 303. The Morgan fingerprint density at radius 3 is 2.77 bits per heavy atom. The molecule has 0 aliphatic rings. The molecule has 0 amide bonds. The van der Waals surface area contributed by atoms with Crippen LogP contribution >= 0.6 is 0 Å². The summed E-state index contributed by atoms with van der Waals surface area (Å²) >= 11 is 0. The Hall–Kier alpha value is -1.27. The molecule has 0 aliphatic heterocycles. The van der Waals surface area contributed by atoms with Gasteiger partial charge in [0.2, 0.25) is 5.89 Å². The maximum Gasteiger partial charge on any atom is 0.208 e. The average Bonchev–Trinajstić information content (AvgIpc) is 2.42. The molecule has 0 fully saturated rings. The van der Waals surface area contributed by atoms with E-state index >= 15 is 0 Å². The van der Waals surface area contributed by atoms with Crippen LogP contribution < -0.4 is 5.32 Å². The average molecular weight is 178 g/mol. The van der Waals surface area contributed by atoms with Crippen LogP contribution in [-0.4, -0.2) is 11.0 Å². The number of aryl methyl sites for hydroxylation is 2. The standard InChI is InChI=1S/C10H14N2O/c1-5-7(2)11-6-10-12-8(3)9(4)13-10/h1,7,11H,6H2,2-4H3. The van der Waals surface area contributed by atoms with Gasteiger partial charge in [0.15, 0.2) is 0 Å². The minimum absolute atomic E-state index is 0.0486. The lowest BCUT2D eigenvalue weighted by atomic mass is 10.3. The van der Waals surface area contributed by atoms with Crippen LogP contribution in [0.15, 0.2) is 4.42 Å². The highest BCUT2D eigenvalue weighted by Gasteiger charge is 2.05. The largest absolute Gasteiger partial charge is 0.444 e. The zero-order valence-corrected chi connectivity index (χ0v) is 8.22. The van der Waals surface area contributed by atoms with E-state index < -0.39 is 0 Å². The van der Waals surface area contributed by atoms with Gasteiger partial charge >= 0.3 is 0 Å². The minimum atomic E-state index is 0.0486. The van der Waals surface area contributed by atoms with Gasteiger partial charge in [0.25, 0.3) is 0 Å². The van der Waals surface area contributed by atoms with Crippen molar-refractivity contribution in [3.8, 4) is 12.3 Å². The Morgan fingerprint density at radius 1 is 1.62 bits per heavy atom. The van der Waals surface area contributed by atoms with Gasteiger partial charge in [-0.05, 0) is 20.8 Å². The van der Waals surface area contributed by atoms with Crippen LogP contribution in [0.2, 0.25) is 0 Å². The second kappa shape index (κ2) is 4.11. The van der Waals surface area contributed by atoms with Crippen LogP contribution in [0.5, 0.6) is 0 Å². The van der Waals surface area contributed by atoms with Gasteiger partial charge in [-0.2, -0.15) is 0 Å². The van der Waals surface area contributed by atoms with E-state index in [4.69, 9.17) is 10.8 Å². The molecular formula is C10H14N2O. The van der Waals surface area contributed by atoms with E-state index in [1.165, 1.54) is 0 Å². The summed E-state index contributed by atoms with van der Waals surface area (Å²) in [6.07, 6.45) is 5.21. The number of nitrogens with one attached hydrogen (secondary N) is 1. The summed E-state index contributed by atoms with van der Waals surface area (Å²) < 4.78 is 5.37. The van der Waals surface area contributed by atoms with Gasteiger partial charge in [0, 0.05) is 0 Å². The van der Waals surface area contributed by atoms with Crippen molar-refractivity contribution in [3.05, 3.63) is 17.3 Å². The third-order valence-corrected chi connectivity index (χ3v) is 1.88. The fourth-order valence-electron chi connectivity index (χ4n) is 0.914. The molecule has 0 bridgehead atoms. The maximum atomic E-state index is 5.37. The van der Waals surface area contributed by atoms with Crippen LogP contribution in [0.4, 0.5) is 0 Å². The van der Waals surface area contributed by atoms with Crippen LogP contribution in [0.3, 0.4) is 0 Å². The van der Waals surface area contributed by atoms with Gasteiger partial charge in [0.1, 0.15) is 5.76 Å². The zero-order chi connectivity index (χ0) is 9.84. The summed E-state index contributed by atoms with van der Waals surface area (Å²) in [5.41, 5.74) is 0.935. The predicted octanol–water partition coefficient (Wildman–Crippen LogP) is 1.40. The second-order valence-corrected chi connectivity index (χ2v) is 3.02. The van der Waals surface area contributed by atoms with E-state index in [1.54, 1.807) is 0 Å². The molecule has 13 heavy (non-hydrogen) atoms. The van der Waals surface area contributed by atoms with Crippen molar-refractivity contribution in [2.75, 3.05) is 0 Å². The van der Waals surface area contributed by atoms with Gasteiger partial charge in [-0.25, -0.2) is 4.98 Å². The number of aromatic nitrogens is 1. The first kappa shape index (κ1) is 9.82. The molecule has 1 aromatic heterocycles. The fraction of sp³-hybridized carbons (Fsp3) is 0.500. The summed E-state index contributed by atoms with van der Waals surface area (Å²) in [7, 11) is 0. The lowest BCUT2D eigenvalue weighted by Crippen LogP contribution is -2.23. The second-order valence-electron chi connectivity index (χ2n) is 3.02. The number of nitrogens with zero attached hydrogens (tertiary/aromatic N) is 1.